The van der Waals surface area contributed by atoms with E-state index < -0.39 is 36.9 Å². The van der Waals surface area contributed by atoms with Crippen LogP contribution >= 0.6 is 18.2 Å². The first kappa shape index (κ1) is 17.4. The van der Waals surface area contributed by atoms with E-state index in [9.17, 15) is 19.6 Å². The normalized spacial score (nSPS) is 27.8. The number of ether oxygens (including phenoxy) is 1. The van der Waals surface area contributed by atoms with Crippen LogP contribution in [0.3, 0.4) is 0 Å². The zero-order valence-electron chi connectivity index (χ0n) is 11.9. The van der Waals surface area contributed by atoms with E-state index in [4.69, 9.17) is 20.3 Å². The van der Waals surface area contributed by atoms with Gasteiger partial charge in [-0.05, 0) is 11.4 Å². The molecule has 4 unspecified atom stereocenters. The fourth-order valence-electron chi connectivity index (χ4n) is 2.40. The third-order valence-corrected chi connectivity index (χ3v) is 5.74. The molecule has 0 aromatic carbocycles. The van der Waals surface area contributed by atoms with Crippen LogP contribution in [0.2, 0.25) is 0 Å². The van der Waals surface area contributed by atoms with Crippen LogP contribution in [-0.4, -0.2) is 63.6 Å². The fourth-order valence-corrected chi connectivity index (χ4v) is 4.04. The molecule has 0 saturated carbocycles. The van der Waals surface area contributed by atoms with Crippen molar-refractivity contribution in [2.45, 2.75) is 24.5 Å². The summed E-state index contributed by atoms with van der Waals surface area (Å²) < 4.78 is 17.6. The lowest BCUT2D eigenvalue weighted by molar-refractivity contribution is -0.0288. The van der Waals surface area contributed by atoms with E-state index in [2.05, 4.69) is 15.0 Å². The molecule has 0 amide bonds. The van der Waals surface area contributed by atoms with E-state index in [1.54, 1.807) is 0 Å². The molecule has 3 rings (SSSR count). The molecule has 3 heterocycles. The standard InChI is InChI=1S/C10H14N5O7PS/c11-10-13-7-4(8(18)14-10)12-2-15(7)9-6(17)5(16)3(22-9)1-24-23(19,20)21/h2-3,5-6,9,16-17H,1H2,(H2,19,20,21)(H3,11,13,14,18). The summed E-state index contributed by atoms with van der Waals surface area (Å²) in [6.45, 7) is -4.35. The van der Waals surface area contributed by atoms with Gasteiger partial charge in [-0.1, -0.05) is 0 Å². The van der Waals surface area contributed by atoms with Gasteiger partial charge in [0.1, 0.15) is 12.2 Å². The summed E-state index contributed by atoms with van der Waals surface area (Å²) in [7, 11) is 0. The van der Waals surface area contributed by atoms with E-state index in [0.29, 0.717) is 11.4 Å². The number of H-pyrrole nitrogens is 1. The molecule has 0 aliphatic carbocycles. The summed E-state index contributed by atoms with van der Waals surface area (Å²) in [5.41, 5.74) is 4.94. The van der Waals surface area contributed by atoms with Gasteiger partial charge >= 0.3 is 6.80 Å². The fraction of sp³-hybridized carbons (Fsp3) is 0.500. The number of aromatic amines is 1. The summed E-state index contributed by atoms with van der Waals surface area (Å²) in [4.78, 5) is 39.6. The van der Waals surface area contributed by atoms with Gasteiger partial charge in [-0.3, -0.25) is 14.3 Å². The molecule has 24 heavy (non-hydrogen) atoms. The average molecular weight is 379 g/mol. The average Bonchev–Trinajstić information content (AvgIpc) is 3.00. The number of imidazole rings is 1. The van der Waals surface area contributed by atoms with Crippen molar-refractivity contribution in [1.82, 2.24) is 19.5 Å². The van der Waals surface area contributed by atoms with E-state index in [1.807, 2.05) is 0 Å². The third kappa shape index (κ3) is 3.19. The van der Waals surface area contributed by atoms with Crippen molar-refractivity contribution in [2.24, 2.45) is 0 Å². The van der Waals surface area contributed by atoms with Crippen LogP contribution in [0.4, 0.5) is 5.95 Å². The molecule has 1 aliphatic heterocycles. The largest absolute Gasteiger partial charge is 0.387 e. The Balaban J connectivity index is 1.90. The van der Waals surface area contributed by atoms with Crippen molar-refractivity contribution in [1.29, 1.82) is 0 Å². The number of fused-ring (bicyclic) bond motifs is 1. The number of aliphatic hydroxyl groups is 2. The second-order valence-electron chi connectivity index (χ2n) is 5.11. The first-order valence-electron chi connectivity index (χ1n) is 6.61. The van der Waals surface area contributed by atoms with Gasteiger partial charge < -0.3 is 30.5 Å². The Morgan fingerprint density at radius 1 is 1.42 bits per heavy atom. The molecule has 2 aromatic heterocycles. The highest BCUT2D eigenvalue weighted by atomic mass is 32.7. The van der Waals surface area contributed by atoms with Crippen LogP contribution in [0.15, 0.2) is 11.1 Å². The van der Waals surface area contributed by atoms with Crippen LogP contribution in [0.25, 0.3) is 11.2 Å². The monoisotopic (exact) mass is 379 g/mol. The smallest absolute Gasteiger partial charge is 0.384 e. The van der Waals surface area contributed by atoms with Gasteiger partial charge in [0.05, 0.1) is 12.4 Å². The Hall–Kier alpha value is -1.47. The minimum absolute atomic E-state index is 0.0254. The van der Waals surface area contributed by atoms with Gasteiger partial charge in [0.2, 0.25) is 5.95 Å². The third-order valence-electron chi connectivity index (χ3n) is 3.47. The van der Waals surface area contributed by atoms with E-state index in [-0.39, 0.29) is 22.9 Å². The Morgan fingerprint density at radius 2 is 2.12 bits per heavy atom. The van der Waals surface area contributed by atoms with Crippen LogP contribution < -0.4 is 11.3 Å². The lowest BCUT2D eigenvalue weighted by Crippen LogP contribution is -2.32. The summed E-state index contributed by atoms with van der Waals surface area (Å²) >= 11 is 0.299. The second kappa shape index (κ2) is 6.11. The van der Waals surface area contributed by atoms with Crippen LogP contribution in [0.5, 0.6) is 0 Å². The summed E-state index contributed by atoms with van der Waals surface area (Å²) in [6.07, 6.45) is -3.76. The van der Waals surface area contributed by atoms with Crippen LogP contribution in [0, 0.1) is 0 Å². The van der Waals surface area contributed by atoms with Gasteiger partial charge in [0, 0.05) is 5.75 Å². The quantitative estimate of drug-likeness (QED) is 0.326. The minimum atomic E-state index is -4.35. The van der Waals surface area contributed by atoms with Gasteiger partial charge in [-0.25, -0.2) is 9.55 Å². The number of aromatic nitrogens is 4. The Labute approximate surface area is 137 Å². The number of hydrogen-bond donors (Lipinski definition) is 6. The van der Waals surface area contributed by atoms with Crippen molar-refractivity contribution in [3.8, 4) is 0 Å². The van der Waals surface area contributed by atoms with Gasteiger partial charge in [-0.15, -0.1) is 0 Å². The molecule has 1 fully saturated rings. The predicted octanol–water partition coefficient (Wildman–Crippen LogP) is -1.85. The molecule has 2 aromatic rings. The molecular formula is C10H14N5O7PS. The number of rotatable bonds is 4. The van der Waals surface area contributed by atoms with Crippen molar-refractivity contribution in [2.75, 3.05) is 11.5 Å². The topological polar surface area (TPSA) is 197 Å². The van der Waals surface area contributed by atoms with Gasteiger partial charge in [0.25, 0.3) is 5.56 Å². The van der Waals surface area contributed by atoms with Crippen LogP contribution in [-0.2, 0) is 9.30 Å². The summed E-state index contributed by atoms with van der Waals surface area (Å²) in [6, 6.07) is 0. The van der Waals surface area contributed by atoms with E-state index >= 15 is 0 Å². The molecule has 14 heteroatoms. The number of nitrogens with two attached hydrogens (primary N) is 1. The maximum Gasteiger partial charge on any atom is 0.384 e. The number of nitrogens with zero attached hydrogens (tertiary/aromatic N) is 3. The van der Waals surface area contributed by atoms with Gasteiger partial charge in [0.15, 0.2) is 17.4 Å². The number of nitrogen functional groups attached to an aromatic ring is 1. The van der Waals surface area contributed by atoms with Crippen molar-refractivity contribution in [3.05, 3.63) is 16.7 Å². The van der Waals surface area contributed by atoms with Crippen molar-refractivity contribution in [3.63, 3.8) is 0 Å². The Morgan fingerprint density at radius 3 is 2.79 bits per heavy atom. The molecule has 0 bridgehead atoms. The predicted molar refractivity (Wildman–Crippen MR) is 83.0 cm³/mol. The lowest BCUT2D eigenvalue weighted by Gasteiger charge is -2.16. The zero-order valence-corrected chi connectivity index (χ0v) is 13.6. The molecule has 1 aliphatic rings. The molecule has 0 spiro atoms. The molecule has 12 nitrogen and oxygen atoms in total. The Bertz CT molecular complexity index is 865. The SMILES string of the molecule is Nc1nc2c(ncn2C2OC(CSP(=O)(O)O)C(O)C2O)c(=O)[nH]1. The molecule has 1 saturated heterocycles. The maximum atomic E-state index is 11.8. The molecule has 7 N–H and O–H groups in total. The minimum Gasteiger partial charge on any atom is -0.387 e. The first-order valence-corrected chi connectivity index (χ1v) is 9.81. The van der Waals surface area contributed by atoms with E-state index in [0.717, 1.165) is 0 Å². The first-order chi connectivity index (χ1) is 11.2. The maximum absolute atomic E-state index is 11.8. The highest BCUT2D eigenvalue weighted by molar-refractivity contribution is 8.54. The molecular weight excluding hydrogens is 365 g/mol. The van der Waals surface area contributed by atoms with Crippen molar-refractivity contribution >= 4 is 35.3 Å². The molecule has 4 atom stereocenters. The highest BCUT2D eigenvalue weighted by Gasteiger charge is 2.45. The Kier molecular flexibility index (Phi) is 4.42. The molecule has 132 valence electrons. The number of hydrogen-bond acceptors (Lipinski definition) is 9. The lowest BCUT2D eigenvalue weighted by atomic mass is 10.1. The number of nitrogens with one attached hydrogen (secondary N) is 1. The summed E-state index contributed by atoms with van der Waals surface area (Å²) in [5, 5.41) is 20.2. The zero-order chi connectivity index (χ0) is 17.6. The second-order valence-corrected chi connectivity index (χ2v) is 8.88. The highest BCUT2D eigenvalue weighted by Crippen LogP contribution is 2.51. The number of aliphatic hydroxyl groups excluding tert-OH is 2. The number of anilines is 1. The van der Waals surface area contributed by atoms with E-state index in [1.165, 1.54) is 10.9 Å². The van der Waals surface area contributed by atoms with Crippen LogP contribution in [0.1, 0.15) is 6.23 Å². The molecule has 0 radical (unpaired) electrons. The van der Waals surface area contributed by atoms with Gasteiger partial charge in [-0.2, -0.15) is 4.98 Å². The van der Waals surface area contributed by atoms with Crippen molar-refractivity contribution < 1.29 is 29.3 Å². The summed E-state index contributed by atoms with van der Waals surface area (Å²) in [5.74, 6) is -0.391.